The minimum atomic E-state index is 0.361. The summed E-state index contributed by atoms with van der Waals surface area (Å²) in [7, 11) is 0. The summed E-state index contributed by atoms with van der Waals surface area (Å²) in [5, 5.41) is 0. The molecule has 3 nitrogen and oxygen atoms in total. The summed E-state index contributed by atoms with van der Waals surface area (Å²) in [5.74, 6) is 0.735. The summed E-state index contributed by atoms with van der Waals surface area (Å²) in [6, 6.07) is 9.84. The molecule has 0 aliphatic rings. The third-order valence-corrected chi connectivity index (χ3v) is 1.96. The van der Waals surface area contributed by atoms with E-state index in [1.165, 1.54) is 5.56 Å². The van der Waals surface area contributed by atoms with Crippen molar-refractivity contribution in [2.24, 2.45) is 0 Å². The summed E-state index contributed by atoms with van der Waals surface area (Å²) < 4.78 is 5.44. The Morgan fingerprint density at radius 3 is 2.33 bits per heavy atom. The zero-order valence-electron chi connectivity index (χ0n) is 8.26. The van der Waals surface area contributed by atoms with Gasteiger partial charge in [0.15, 0.2) is 0 Å². The molecule has 0 saturated heterocycles. The SMILES string of the molecule is [CH2]Cc1ccc(Oc2ncccn2)cc1. The molecule has 2 aromatic rings. The highest BCUT2D eigenvalue weighted by Crippen LogP contribution is 2.17. The van der Waals surface area contributed by atoms with E-state index in [4.69, 9.17) is 4.74 Å². The molecule has 3 heteroatoms. The van der Waals surface area contributed by atoms with Gasteiger partial charge in [0.25, 0.3) is 0 Å². The molecule has 15 heavy (non-hydrogen) atoms. The third-order valence-electron chi connectivity index (χ3n) is 1.96. The van der Waals surface area contributed by atoms with E-state index < -0.39 is 0 Å². The Kier molecular flexibility index (Phi) is 2.93. The molecule has 0 bridgehead atoms. The fraction of sp³-hybridized carbons (Fsp3) is 0.0833. The zero-order chi connectivity index (χ0) is 10.5. The van der Waals surface area contributed by atoms with Gasteiger partial charge in [-0.2, -0.15) is 0 Å². The lowest BCUT2D eigenvalue weighted by molar-refractivity contribution is 0.441. The van der Waals surface area contributed by atoms with Gasteiger partial charge in [-0.1, -0.05) is 12.1 Å². The van der Waals surface area contributed by atoms with Gasteiger partial charge in [-0.15, -0.1) is 0 Å². The van der Waals surface area contributed by atoms with E-state index in [9.17, 15) is 0 Å². The highest BCUT2D eigenvalue weighted by molar-refractivity contribution is 5.29. The molecular formula is C12H11N2O. The minimum Gasteiger partial charge on any atom is -0.424 e. The quantitative estimate of drug-likeness (QED) is 0.762. The van der Waals surface area contributed by atoms with Crippen molar-refractivity contribution in [2.45, 2.75) is 6.42 Å². The smallest absolute Gasteiger partial charge is 0.321 e. The van der Waals surface area contributed by atoms with Crippen LogP contribution in [0, 0.1) is 6.92 Å². The second-order valence-corrected chi connectivity index (χ2v) is 3.03. The maximum Gasteiger partial charge on any atom is 0.321 e. The molecule has 0 saturated carbocycles. The predicted octanol–water partition coefficient (Wildman–Crippen LogP) is 2.65. The molecule has 0 spiro atoms. The zero-order valence-corrected chi connectivity index (χ0v) is 8.26. The second kappa shape index (κ2) is 4.55. The second-order valence-electron chi connectivity index (χ2n) is 3.03. The molecule has 0 unspecified atom stereocenters. The predicted molar refractivity (Wildman–Crippen MR) is 57.6 cm³/mol. The number of hydrogen-bond donors (Lipinski definition) is 0. The lowest BCUT2D eigenvalue weighted by Crippen LogP contribution is -1.90. The molecule has 0 atom stereocenters. The van der Waals surface area contributed by atoms with Crippen molar-refractivity contribution < 1.29 is 4.74 Å². The van der Waals surface area contributed by atoms with E-state index in [1.54, 1.807) is 18.5 Å². The van der Waals surface area contributed by atoms with Gasteiger partial charge in [-0.3, -0.25) is 0 Å². The molecule has 2 rings (SSSR count). The highest BCUT2D eigenvalue weighted by atomic mass is 16.5. The standard InChI is InChI=1S/C12H11N2O/c1-2-10-4-6-11(7-5-10)15-12-13-8-3-9-14-12/h3-9H,1-2H2. The van der Waals surface area contributed by atoms with E-state index >= 15 is 0 Å². The molecule has 0 N–H and O–H groups in total. The lowest BCUT2D eigenvalue weighted by Gasteiger charge is -2.03. The molecule has 0 fully saturated rings. The number of ether oxygens (including phenoxy) is 1. The average molecular weight is 199 g/mol. The lowest BCUT2D eigenvalue weighted by atomic mass is 10.2. The number of benzene rings is 1. The van der Waals surface area contributed by atoms with Crippen molar-refractivity contribution >= 4 is 0 Å². The van der Waals surface area contributed by atoms with E-state index in [0.29, 0.717) is 6.01 Å². The Hall–Kier alpha value is -1.90. The molecule has 1 radical (unpaired) electrons. The Labute approximate surface area is 88.8 Å². The van der Waals surface area contributed by atoms with Crippen LogP contribution in [0.1, 0.15) is 5.56 Å². The van der Waals surface area contributed by atoms with Gasteiger partial charge in [0.1, 0.15) is 5.75 Å². The van der Waals surface area contributed by atoms with Crippen LogP contribution in [0.4, 0.5) is 0 Å². The summed E-state index contributed by atoms with van der Waals surface area (Å²) in [5.41, 5.74) is 1.18. The Morgan fingerprint density at radius 1 is 1.07 bits per heavy atom. The Balaban J connectivity index is 2.11. The molecule has 1 heterocycles. The Bertz CT molecular complexity index is 411. The molecule has 0 aliphatic heterocycles. The summed E-state index contributed by atoms with van der Waals surface area (Å²) in [4.78, 5) is 7.94. The van der Waals surface area contributed by atoms with Crippen LogP contribution in [0.3, 0.4) is 0 Å². The van der Waals surface area contributed by atoms with Crippen molar-refractivity contribution in [3.63, 3.8) is 0 Å². The van der Waals surface area contributed by atoms with Gasteiger partial charge < -0.3 is 4.74 Å². The van der Waals surface area contributed by atoms with Crippen LogP contribution in [-0.4, -0.2) is 9.97 Å². The van der Waals surface area contributed by atoms with Crippen molar-refractivity contribution in [1.29, 1.82) is 0 Å². The van der Waals surface area contributed by atoms with Gasteiger partial charge in [-0.25, -0.2) is 9.97 Å². The van der Waals surface area contributed by atoms with E-state index in [1.807, 2.05) is 24.3 Å². The van der Waals surface area contributed by atoms with Crippen molar-refractivity contribution in [3.05, 3.63) is 55.2 Å². The number of rotatable bonds is 3. The van der Waals surface area contributed by atoms with E-state index in [0.717, 1.165) is 12.2 Å². The monoisotopic (exact) mass is 199 g/mol. The molecule has 0 amide bonds. The first kappa shape index (κ1) is 9.65. The maximum absolute atomic E-state index is 5.44. The van der Waals surface area contributed by atoms with Crippen LogP contribution in [0.5, 0.6) is 11.8 Å². The van der Waals surface area contributed by atoms with Gasteiger partial charge in [-0.05, 0) is 37.1 Å². The Morgan fingerprint density at radius 2 is 1.73 bits per heavy atom. The largest absolute Gasteiger partial charge is 0.424 e. The van der Waals surface area contributed by atoms with Crippen molar-refractivity contribution in [3.8, 4) is 11.8 Å². The van der Waals surface area contributed by atoms with Crippen LogP contribution in [0.2, 0.25) is 0 Å². The van der Waals surface area contributed by atoms with Crippen molar-refractivity contribution in [2.75, 3.05) is 0 Å². The summed E-state index contributed by atoms with van der Waals surface area (Å²) in [6.45, 7) is 3.80. The molecule has 0 aliphatic carbocycles. The van der Waals surface area contributed by atoms with Gasteiger partial charge in [0.05, 0.1) is 0 Å². The topological polar surface area (TPSA) is 35.0 Å². The number of hydrogen-bond acceptors (Lipinski definition) is 3. The van der Waals surface area contributed by atoms with E-state index in [-0.39, 0.29) is 0 Å². The first-order valence-corrected chi connectivity index (χ1v) is 4.71. The fourth-order valence-corrected chi connectivity index (χ4v) is 1.17. The molecular weight excluding hydrogens is 188 g/mol. The first-order valence-electron chi connectivity index (χ1n) is 4.71. The van der Waals surface area contributed by atoms with Crippen LogP contribution < -0.4 is 4.74 Å². The molecule has 75 valence electrons. The van der Waals surface area contributed by atoms with Crippen LogP contribution in [-0.2, 0) is 6.42 Å². The average Bonchev–Trinajstić information content (AvgIpc) is 2.31. The number of nitrogens with zero attached hydrogens (tertiary/aromatic N) is 2. The van der Waals surface area contributed by atoms with Crippen molar-refractivity contribution in [1.82, 2.24) is 9.97 Å². The summed E-state index contributed by atoms with van der Waals surface area (Å²) in [6.07, 6.45) is 4.07. The number of aromatic nitrogens is 2. The minimum absolute atomic E-state index is 0.361. The molecule has 1 aromatic heterocycles. The highest BCUT2D eigenvalue weighted by Gasteiger charge is 1.98. The van der Waals surface area contributed by atoms with Gasteiger partial charge in [0.2, 0.25) is 0 Å². The van der Waals surface area contributed by atoms with Crippen LogP contribution in [0.15, 0.2) is 42.7 Å². The van der Waals surface area contributed by atoms with Crippen LogP contribution >= 0.6 is 0 Å². The maximum atomic E-state index is 5.44. The molecule has 1 aromatic carbocycles. The van der Waals surface area contributed by atoms with E-state index in [2.05, 4.69) is 16.9 Å². The fourth-order valence-electron chi connectivity index (χ4n) is 1.17. The third kappa shape index (κ3) is 2.53. The van der Waals surface area contributed by atoms with Gasteiger partial charge in [0, 0.05) is 12.4 Å². The first-order chi connectivity index (χ1) is 7.38. The van der Waals surface area contributed by atoms with Gasteiger partial charge >= 0.3 is 6.01 Å². The van der Waals surface area contributed by atoms with Crippen LogP contribution in [0.25, 0.3) is 0 Å². The summed E-state index contributed by atoms with van der Waals surface area (Å²) >= 11 is 0. The normalized spacial score (nSPS) is 9.93.